The summed E-state index contributed by atoms with van der Waals surface area (Å²) in [6.07, 6.45) is 1.12. The molecular formula is C17H21F2N3O4S. The normalized spacial score (nSPS) is 11.8. The lowest BCUT2D eigenvalue weighted by atomic mass is 10.0. The molecule has 2 rings (SSSR count). The number of aromatic nitrogens is 2. The Morgan fingerprint density at radius 2 is 1.81 bits per heavy atom. The number of carbonyl (C=O) groups excluding carboxylic acids is 1. The van der Waals surface area contributed by atoms with Crippen molar-refractivity contribution in [2.75, 3.05) is 20.7 Å². The molecule has 148 valence electrons. The minimum Gasteiger partial charge on any atom is -0.462 e. The molecule has 27 heavy (non-hydrogen) atoms. The number of ether oxygens (including phenoxy) is 1. The summed E-state index contributed by atoms with van der Waals surface area (Å²) in [7, 11) is -1.45. The first-order valence-corrected chi connectivity index (χ1v) is 9.66. The summed E-state index contributed by atoms with van der Waals surface area (Å²) in [6, 6.07) is 2.07. The molecular weight excluding hydrogens is 380 g/mol. The van der Waals surface area contributed by atoms with Crippen molar-refractivity contribution in [3.63, 3.8) is 0 Å². The predicted octanol–water partition coefficient (Wildman–Crippen LogP) is 2.15. The molecule has 1 aromatic heterocycles. The number of aryl methyl sites for hydroxylation is 1. The Labute approximate surface area is 156 Å². The average Bonchev–Trinajstić information content (AvgIpc) is 3.01. The van der Waals surface area contributed by atoms with E-state index < -0.39 is 27.8 Å². The van der Waals surface area contributed by atoms with E-state index in [2.05, 4.69) is 5.10 Å². The fraction of sp³-hybridized carbons (Fsp3) is 0.412. The average molecular weight is 401 g/mol. The van der Waals surface area contributed by atoms with Gasteiger partial charge < -0.3 is 4.74 Å². The van der Waals surface area contributed by atoms with Crippen LogP contribution in [0.2, 0.25) is 0 Å². The van der Waals surface area contributed by atoms with Gasteiger partial charge in [-0.15, -0.1) is 4.09 Å². The molecule has 0 aliphatic heterocycles. The molecule has 1 heterocycles. The number of halogens is 2. The first-order chi connectivity index (χ1) is 12.6. The zero-order valence-electron chi connectivity index (χ0n) is 15.5. The molecule has 10 heteroatoms. The second-order valence-electron chi connectivity index (χ2n) is 5.92. The molecule has 2 aromatic rings. The van der Waals surface area contributed by atoms with Crippen LogP contribution in [-0.2, 0) is 27.8 Å². The van der Waals surface area contributed by atoms with Gasteiger partial charge in [-0.2, -0.15) is 17.8 Å². The lowest BCUT2D eigenvalue weighted by molar-refractivity contribution is 0.0525. The lowest BCUT2D eigenvalue weighted by Gasteiger charge is -2.15. The van der Waals surface area contributed by atoms with E-state index in [0.29, 0.717) is 10.5 Å². The number of nitrogens with zero attached hydrogens (tertiary/aromatic N) is 3. The Morgan fingerprint density at radius 1 is 1.19 bits per heavy atom. The van der Waals surface area contributed by atoms with Crippen molar-refractivity contribution >= 4 is 16.2 Å². The van der Waals surface area contributed by atoms with E-state index in [9.17, 15) is 22.0 Å². The molecule has 0 fully saturated rings. The third-order valence-electron chi connectivity index (χ3n) is 3.96. The third kappa shape index (κ3) is 4.16. The van der Waals surface area contributed by atoms with Gasteiger partial charge in [-0.25, -0.2) is 13.6 Å². The van der Waals surface area contributed by atoms with Gasteiger partial charge in [0, 0.05) is 26.6 Å². The Hall–Kier alpha value is -2.33. The fourth-order valence-electron chi connectivity index (χ4n) is 2.48. The van der Waals surface area contributed by atoms with Crippen LogP contribution in [0.15, 0.2) is 18.3 Å². The van der Waals surface area contributed by atoms with Crippen molar-refractivity contribution in [2.45, 2.75) is 26.7 Å². The molecule has 0 atom stereocenters. The Kier molecular flexibility index (Phi) is 6.32. The zero-order chi connectivity index (χ0) is 20.4. The largest absolute Gasteiger partial charge is 0.462 e. The van der Waals surface area contributed by atoms with Gasteiger partial charge >= 0.3 is 16.2 Å². The maximum atomic E-state index is 14.3. The second-order valence-corrected chi connectivity index (χ2v) is 7.90. The highest BCUT2D eigenvalue weighted by Gasteiger charge is 2.28. The minimum absolute atomic E-state index is 0.0505. The molecule has 0 bridgehead atoms. The summed E-state index contributed by atoms with van der Waals surface area (Å²) in [6.45, 7) is 3.39. The van der Waals surface area contributed by atoms with Crippen LogP contribution in [0.3, 0.4) is 0 Å². The van der Waals surface area contributed by atoms with Gasteiger partial charge in [0.15, 0.2) is 0 Å². The van der Waals surface area contributed by atoms with E-state index in [-0.39, 0.29) is 35.4 Å². The standard InChI is InChI=1S/C17H21F2N3O4S/c1-5-11-7-12(15(19)9-14(11)18)8-16-13(17(23)26-6-2)10-20-22(16)27(24,25)21(3)4/h7,9-10H,5-6,8H2,1-4H3. The van der Waals surface area contributed by atoms with Crippen LogP contribution < -0.4 is 0 Å². The molecule has 7 nitrogen and oxygen atoms in total. The van der Waals surface area contributed by atoms with Gasteiger partial charge in [0.05, 0.1) is 18.5 Å². The summed E-state index contributed by atoms with van der Waals surface area (Å²) >= 11 is 0. The Bertz CT molecular complexity index is 955. The summed E-state index contributed by atoms with van der Waals surface area (Å²) in [5.41, 5.74) is 0.180. The van der Waals surface area contributed by atoms with Gasteiger partial charge in [0.1, 0.15) is 17.2 Å². The van der Waals surface area contributed by atoms with E-state index in [1.807, 2.05) is 0 Å². The van der Waals surface area contributed by atoms with Crippen LogP contribution in [0, 0.1) is 11.6 Å². The highest BCUT2D eigenvalue weighted by atomic mass is 32.2. The zero-order valence-corrected chi connectivity index (χ0v) is 16.3. The maximum absolute atomic E-state index is 14.3. The predicted molar refractivity (Wildman–Crippen MR) is 94.7 cm³/mol. The van der Waals surface area contributed by atoms with E-state index >= 15 is 0 Å². The van der Waals surface area contributed by atoms with Crippen LogP contribution in [0.4, 0.5) is 8.78 Å². The highest BCUT2D eigenvalue weighted by Crippen LogP contribution is 2.22. The minimum atomic E-state index is -4.06. The number of benzene rings is 1. The van der Waals surface area contributed by atoms with Crippen LogP contribution in [-0.4, -0.2) is 48.6 Å². The van der Waals surface area contributed by atoms with Gasteiger partial charge in [0.25, 0.3) is 0 Å². The second kappa shape index (κ2) is 8.13. The SMILES string of the molecule is CCOC(=O)c1cnn(S(=O)(=O)N(C)C)c1Cc1cc(CC)c(F)cc1F. The number of hydrogen-bond donors (Lipinski definition) is 0. The van der Waals surface area contributed by atoms with Crippen molar-refractivity contribution < 1.29 is 26.7 Å². The number of rotatable bonds is 7. The lowest BCUT2D eigenvalue weighted by Crippen LogP contribution is -2.31. The molecule has 0 saturated carbocycles. The first kappa shape index (κ1) is 21.0. The molecule has 0 N–H and O–H groups in total. The molecule has 0 saturated heterocycles. The quantitative estimate of drug-likeness (QED) is 0.664. The van der Waals surface area contributed by atoms with Crippen LogP contribution in [0.5, 0.6) is 0 Å². The fourth-order valence-corrected chi connectivity index (χ4v) is 3.40. The smallest absolute Gasteiger partial charge is 0.341 e. The van der Waals surface area contributed by atoms with E-state index in [1.165, 1.54) is 20.2 Å². The van der Waals surface area contributed by atoms with Gasteiger partial charge in [-0.05, 0) is 30.5 Å². The number of esters is 1. The molecule has 0 radical (unpaired) electrons. The maximum Gasteiger partial charge on any atom is 0.341 e. The summed E-state index contributed by atoms with van der Waals surface area (Å²) in [5, 5.41) is 3.79. The summed E-state index contributed by atoms with van der Waals surface area (Å²) in [5.74, 6) is -2.29. The van der Waals surface area contributed by atoms with Crippen LogP contribution in [0.25, 0.3) is 0 Å². The van der Waals surface area contributed by atoms with Crippen LogP contribution >= 0.6 is 0 Å². The number of hydrogen-bond acceptors (Lipinski definition) is 5. The van der Waals surface area contributed by atoms with Gasteiger partial charge in [0.2, 0.25) is 0 Å². The molecule has 1 aromatic carbocycles. The highest BCUT2D eigenvalue weighted by molar-refractivity contribution is 7.87. The molecule has 0 spiro atoms. The van der Waals surface area contributed by atoms with Crippen molar-refractivity contribution in [1.29, 1.82) is 0 Å². The third-order valence-corrected chi connectivity index (χ3v) is 5.64. The van der Waals surface area contributed by atoms with Crippen molar-refractivity contribution in [3.8, 4) is 0 Å². The van der Waals surface area contributed by atoms with Crippen molar-refractivity contribution in [1.82, 2.24) is 13.5 Å². The van der Waals surface area contributed by atoms with E-state index in [4.69, 9.17) is 4.74 Å². The molecule has 0 amide bonds. The van der Waals surface area contributed by atoms with Crippen molar-refractivity contribution in [2.24, 2.45) is 0 Å². The van der Waals surface area contributed by atoms with Crippen LogP contribution in [0.1, 0.15) is 41.0 Å². The van der Waals surface area contributed by atoms with Gasteiger partial charge in [-0.3, -0.25) is 0 Å². The summed E-state index contributed by atoms with van der Waals surface area (Å²) < 4.78 is 59.6. The Balaban J connectivity index is 2.63. The monoisotopic (exact) mass is 401 g/mol. The molecule has 0 aliphatic carbocycles. The topological polar surface area (TPSA) is 81.5 Å². The first-order valence-electron chi connectivity index (χ1n) is 8.27. The molecule has 0 unspecified atom stereocenters. The number of carbonyl (C=O) groups is 1. The summed E-state index contributed by atoms with van der Waals surface area (Å²) in [4.78, 5) is 12.2. The van der Waals surface area contributed by atoms with E-state index in [1.54, 1.807) is 13.8 Å². The van der Waals surface area contributed by atoms with Crippen molar-refractivity contribution in [3.05, 3.63) is 52.3 Å². The Morgan fingerprint density at radius 3 is 2.37 bits per heavy atom. The molecule has 0 aliphatic rings. The van der Waals surface area contributed by atoms with Gasteiger partial charge in [-0.1, -0.05) is 6.92 Å². The van der Waals surface area contributed by atoms with E-state index in [0.717, 1.165) is 16.6 Å².